The van der Waals surface area contributed by atoms with Crippen molar-refractivity contribution >= 4 is 39.1 Å². The summed E-state index contributed by atoms with van der Waals surface area (Å²) >= 11 is 1.53. The lowest BCUT2D eigenvalue weighted by Crippen LogP contribution is -1.80. The molecule has 0 saturated carbocycles. The van der Waals surface area contributed by atoms with Crippen molar-refractivity contribution in [3.8, 4) is 0 Å². The van der Waals surface area contributed by atoms with Crippen LogP contribution in [-0.4, -0.2) is 4.98 Å². The lowest BCUT2D eigenvalue weighted by Gasteiger charge is -1.89. The Kier molecular flexibility index (Phi) is 2.55. The molecule has 0 amide bonds. The monoisotopic (exact) mass is 200 g/mol. The molecule has 2 N–H and O–H groups in total. The van der Waals surface area contributed by atoms with Gasteiger partial charge in [0.15, 0.2) is 5.13 Å². The van der Waals surface area contributed by atoms with E-state index in [9.17, 15) is 0 Å². The van der Waals surface area contributed by atoms with Crippen LogP contribution in [0.2, 0.25) is 0 Å². The fourth-order valence-corrected chi connectivity index (χ4v) is 1.92. The molecule has 1 aromatic heterocycles. The average molecular weight is 201 g/mol. The molecule has 1 heterocycles. The van der Waals surface area contributed by atoms with Gasteiger partial charge >= 0.3 is 0 Å². The first kappa shape index (κ1) is 9.29. The lowest BCUT2D eigenvalue weighted by atomic mass is 10.2. The van der Waals surface area contributed by atoms with E-state index in [4.69, 9.17) is 5.73 Å². The molecule has 0 fully saturated rings. The maximum absolute atomic E-state index is 5.57. The smallest absolute Gasteiger partial charge is 0.181 e. The second kappa shape index (κ2) is 3.29. The van der Waals surface area contributed by atoms with Crippen molar-refractivity contribution in [2.75, 3.05) is 5.73 Å². The Balaban J connectivity index is 0.000000720. The van der Waals surface area contributed by atoms with Crippen LogP contribution in [0.15, 0.2) is 18.2 Å². The molecule has 0 aliphatic carbocycles. The lowest BCUT2D eigenvalue weighted by molar-refractivity contribution is 1.43. The van der Waals surface area contributed by atoms with E-state index in [2.05, 4.69) is 4.98 Å². The van der Waals surface area contributed by atoms with Gasteiger partial charge in [-0.1, -0.05) is 23.5 Å². The number of anilines is 1. The highest BCUT2D eigenvalue weighted by molar-refractivity contribution is 7.22. The number of halogens is 1. The highest BCUT2D eigenvalue weighted by Crippen LogP contribution is 2.25. The van der Waals surface area contributed by atoms with Gasteiger partial charge in [-0.2, -0.15) is 0 Å². The standard InChI is InChI=1S/C8H8N2S.ClH/c1-5-3-2-4-6-7(5)10-8(9)11-6;/h2-4H,1H3,(H2,9,10);1H. The van der Waals surface area contributed by atoms with Crippen LogP contribution in [0.4, 0.5) is 5.13 Å². The molecule has 0 spiro atoms. The van der Waals surface area contributed by atoms with Crippen LogP contribution in [0.25, 0.3) is 10.2 Å². The number of benzene rings is 1. The fraction of sp³-hybridized carbons (Fsp3) is 0.125. The Morgan fingerprint density at radius 1 is 1.42 bits per heavy atom. The number of para-hydroxylation sites is 1. The zero-order chi connectivity index (χ0) is 7.84. The minimum Gasteiger partial charge on any atom is -0.375 e. The van der Waals surface area contributed by atoms with Crippen LogP contribution in [-0.2, 0) is 0 Å². The van der Waals surface area contributed by atoms with Crippen LogP contribution in [0, 0.1) is 6.92 Å². The van der Waals surface area contributed by atoms with E-state index < -0.39 is 0 Å². The van der Waals surface area contributed by atoms with E-state index in [1.165, 1.54) is 21.6 Å². The Hall–Kier alpha value is -0.800. The molecule has 2 rings (SSSR count). The number of fused-ring (bicyclic) bond motifs is 1. The van der Waals surface area contributed by atoms with Gasteiger partial charge in [0, 0.05) is 0 Å². The number of nitrogen functional groups attached to an aromatic ring is 1. The van der Waals surface area contributed by atoms with Gasteiger partial charge in [0.1, 0.15) is 0 Å². The molecule has 2 aromatic rings. The van der Waals surface area contributed by atoms with Crippen LogP contribution in [0.3, 0.4) is 0 Å². The molecule has 0 saturated heterocycles. The molecule has 0 unspecified atom stereocenters. The van der Waals surface area contributed by atoms with Crippen molar-refractivity contribution < 1.29 is 0 Å². The van der Waals surface area contributed by atoms with Gasteiger partial charge in [0.05, 0.1) is 10.2 Å². The minimum absolute atomic E-state index is 0. The minimum atomic E-state index is 0. The van der Waals surface area contributed by atoms with E-state index >= 15 is 0 Å². The summed E-state index contributed by atoms with van der Waals surface area (Å²) in [7, 11) is 0. The average Bonchev–Trinajstić information content (AvgIpc) is 2.31. The first-order valence-corrected chi connectivity index (χ1v) is 4.20. The van der Waals surface area contributed by atoms with E-state index in [1.807, 2.05) is 25.1 Å². The van der Waals surface area contributed by atoms with Crippen LogP contribution >= 0.6 is 23.7 Å². The van der Waals surface area contributed by atoms with Gasteiger partial charge in [-0.05, 0) is 18.6 Å². The molecular weight excluding hydrogens is 192 g/mol. The van der Waals surface area contributed by atoms with Crippen molar-refractivity contribution in [2.24, 2.45) is 0 Å². The molecule has 0 atom stereocenters. The largest absolute Gasteiger partial charge is 0.375 e. The normalized spacial score (nSPS) is 9.75. The number of nitrogens with two attached hydrogens (primary N) is 1. The second-order valence-electron chi connectivity index (χ2n) is 2.47. The summed E-state index contributed by atoms with van der Waals surface area (Å²) in [5, 5.41) is 0.648. The number of aryl methyl sites for hydroxylation is 1. The number of thiazole rings is 1. The molecule has 4 heteroatoms. The zero-order valence-electron chi connectivity index (χ0n) is 6.57. The van der Waals surface area contributed by atoms with Gasteiger partial charge in [-0.15, -0.1) is 12.4 Å². The topological polar surface area (TPSA) is 38.9 Å². The number of nitrogens with zero attached hydrogens (tertiary/aromatic N) is 1. The molecule has 0 aliphatic heterocycles. The third kappa shape index (κ3) is 1.38. The summed E-state index contributed by atoms with van der Waals surface area (Å²) in [4.78, 5) is 4.21. The number of rotatable bonds is 0. The molecule has 1 aromatic carbocycles. The van der Waals surface area contributed by atoms with Gasteiger partial charge in [-0.3, -0.25) is 0 Å². The summed E-state index contributed by atoms with van der Waals surface area (Å²) in [6.45, 7) is 2.04. The van der Waals surface area contributed by atoms with Crippen LogP contribution in [0.1, 0.15) is 5.56 Å². The third-order valence-electron chi connectivity index (χ3n) is 1.64. The number of aromatic nitrogens is 1. The summed E-state index contributed by atoms with van der Waals surface area (Å²) in [6.07, 6.45) is 0. The van der Waals surface area contributed by atoms with E-state index in [0.29, 0.717) is 5.13 Å². The van der Waals surface area contributed by atoms with Crippen LogP contribution < -0.4 is 5.73 Å². The Bertz CT molecular complexity index is 397. The Morgan fingerprint density at radius 3 is 2.83 bits per heavy atom. The first-order chi connectivity index (χ1) is 5.27. The zero-order valence-corrected chi connectivity index (χ0v) is 8.21. The SMILES string of the molecule is Cc1cccc2sc(N)nc12.Cl. The molecular formula is C8H9ClN2S. The molecule has 2 nitrogen and oxygen atoms in total. The van der Waals surface area contributed by atoms with E-state index in [0.717, 1.165) is 5.52 Å². The number of hydrogen-bond acceptors (Lipinski definition) is 3. The van der Waals surface area contributed by atoms with E-state index in [-0.39, 0.29) is 12.4 Å². The van der Waals surface area contributed by atoms with Crippen molar-refractivity contribution in [3.63, 3.8) is 0 Å². The quantitative estimate of drug-likeness (QED) is 0.710. The highest BCUT2D eigenvalue weighted by atomic mass is 35.5. The van der Waals surface area contributed by atoms with Gasteiger partial charge in [0.25, 0.3) is 0 Å². The van der Waals surface area contributed by atoms with E-state index in [1.54, 1.807) is 0 Å². The van der Waals surface area contributed by atoms with Crippen molar-refractivity contribution in [1.82, 2.24) is 4.98 Å². The number of hydrogen-bond donors (Lipinski definition) is 1. The predicted octanol–water partition coefficient (Wildman–Crippen LogP) is 2.61. The third-order valence-corrected chi connectivity index (χ3v) is 2.49. The van der Waals surface area contributed by atoms with Gasteiger partial charge < -0.3 is 5.73 Å². The van der Waals surface area contributed by atoms with Crippen molar-refractivity contribution in [1.29, 1.82) is 0 Å². The highest BCUT2D eigenvalue weighted by Gasteiger charge is 2.01. The van der Waals surface area contributed by atoms with Crippen LogP contribution in [0.5, 0.6) is 0 Å². The maximum Gasteiger partial charge on any atom is 0.181 e. The van der Waals surface area contributed by atoms with Crippen molar-refractivity contribution in [3.05, 3.63) is 23.8 Å². The molecule has 12 heavy (non-hydrogen) atoms. The summed E-state index contributed by atoms with van der Waals surface area (Å²) in [5.41, 5.74) is 7.79. The molecule has 0 bridgehead atoms. The fourth-order valence-electron chi connectivity index (χ4n) is 1.10. The summed E-state index contributed by atoms with van der Waals surface area (Å²) in [5.74, 6) is 0. The molecule has 0 aliphatic rings. The predicted molar refractivity (Wildman–Crippen MR) is 56.0 cm³/mol. The van der Waals surface area contributed by atoms with Gasteiger partial charge in [-0.25, -0.2) is 4.98 Å². The molecule has 64 valence electrons. The maximum atomic E-state index is 5.57. The first-order valence-electron chi connectivity index (χ1n) is 3.39. The Morgan fingerprint density at radius 2 is 2.17 bits per heavy atom. The Labute approximate surface area is 80.8 Å². The summed E-state index contributed by atoms with van der Waals surface area (Å²) < 4.78 is 1.17. The van der Waals surface area contributed by atoms with Crippen molar-refractivity contribution in [2.45, 2.75) is 6.92 Å². The summed E-state index contributed by atoms with van der Waals surface area (Å²) in [6, 6.07) is 6.10. The molecule has 0 radical (unpaired) electrons. The second-order valence-corrected chi connectivity index (χ2v) is 3.54. The van der Waals surface area contributed by atoms with Gasteiger partial charge in [0.2, 0.25) is 0 Å².